The van der Waals surface area contributed by atoms with Crippen molar-refractivity contribution >= 4 is 16.9 Å². The zero-order valence-electron chi connectivity index (χ0n) is 14.9. The molecule has 130 valence electrons. The molecule has 0 radical (unpaired) electrons. The number of hydrogen-bond acceptors (Lipinski definition) is 3. The quantitative estimate of drug-likeness (QED) is 0.750. The van der Waals surface area contributed by atoms with E-state index in [0.29, 0.717) is 6.54 Å². The SMILES string of the molecule is CCn1c(CNC(=O)COc2cc(C)ccc2C)nc2ccccc21. The summed E-state index contributed by atoms with van der Waals surface area (Å²) in [6.45, 7) is 7.24. The van der Waals surface area contributed by atoms with Gasteiger partial charge in [-0.25, -0.2) is 4.98 Å². The van der Waals surface area contributed by atoms with Gasteiger partial charge < -0.3 is 14.6 Å². The van der Waals surface area contributed by atoms with E-state index in [4.69, 9.17) is 4.74 Å². The second kappa shape index (κ2) is 7.38. The van der Waals surface area contributed by atoms with E-state index < -0.39 is 0 Å². The molecule has 3 rings (SSSR count). The molecule has 0 fully saturated rings. The predicted octanol–water partition coefficient (Wildman–Crippen LogP) is 3.37. The molecule has 5 heteroatoms. The summed E-state index contributed by atoms with van der Waals surface area (Å²) in [6.07, 6.45) is 0. The van der Waals surface area contributed by atoms with E-state index in [2.05, 4.69) is 21.8 Å². The van der Waals surface area contributed by atoms with E-state index in [1.807, 2.05) is 56.3 Å². The van der Waals surface area contributed by atoms with Gasteiger partial charge in [-0.2, -0.15) is 0 Å². The Balaban J connectivity index is 1.62. The summed E-state index contributed by atoms with van der Waals surface area (Å²) in [7, 11) is 0. The summed E-state index contributed by atoms with van der Waals surface area (Å²) in [4.78, 5) is 16.7. The molecule has 0 bridgehead atoms. The highest BCUT2D eigenvalue weighted by Crippen LogP contribution is 2.19. The number of ether oxygens (including phenoxy) is 1. The maximum absolute atomic E-state index is 12.1. The molecule has 0 atom stereocenters. The van der Waals surface area contributed by atoms with Gasteiger partial charge in [0.2, 0.25) is 0 Å². The van der Waals surface area contributed by atoms with Crippen molar-refractivity contribution in [3.63, 3.8) is 0 Å². The van der Waals surface area contributed by atoms with Crippen molar-refractivity contribution in [2.45, 2.75) is 33.9 Å². The van der Waals surface area contributed by atoms with Gasteiger partial charge in [0.25, 0.3) is 5.91 Å². The maximum atomic E-state index is 12.1. The number of imidazole rings is 1. The van der Waals surface area contributed by atoms with Gasteiger partial charge in [0.05, 0.1) is 17.6 Å². The number of aryl methyl sites for hydroxylation is 3. The summed E-state index contributed by atoms with van der Waals surface area (Å²) >= 11 is 0. The Morgan fingerprint density at radius 3 is 2.80 bits per heavy atom. The number of nitrogens with zero attached hydrogens (tertiary/aromatic N) is 2. The number of nitrogens with one attached hydrogen (secondary N) is 1. The summed E-state index contributed by atoms with van der Waals surface area (Å²) in [5, 5.41) is 2.89. The van der Waals surface area contributed by atoms with E-state index in [1.54, 1.807) is 0 Å². The highest BCUT2D eigenvalue weighted by Gasteiger charge is 2.11. The summed E-state index contributed by atoms with van der Waals surface area (Å²) in [6, 6.07) is 14.0. The fourth-order valence-electron chi connectivity index (χ4n) is 2.85. The maximum Gasteiger partial charge on any atom is 0.258 e. The molecule has 1 heterocycles. The van der Waals surface area contributed by atoms with Gasteiger partial charge in [0.15, 0.2) is 6.61 Å². The first kappa shape index (κ1) is 17.0. The Labute approximate surface area is 147 Å². The molecule has 2 aromatic carbocycles. The van der Waals surface area contributed by atoms with Crippen LogP contribution in [0.15, 0.2) is 42.5 Å². The van der Waals surface area contributed by atoms with Crippen LogP contribution < -0.4 is 10.1 Å². The van der Waals surface area contributed by atoms with Crippen molar-refractivity contribution < 1.29 is 9.53 Å². The van der Waals surface area contributed by atoms with E-state index in [9.17, 15) is 4.79 Å². The lowest BCUT2D eigenvalue weighted by atomic mass is 10.1. The average molecular weight is 337 g/mol. The second-order valence-electron chi connectivity index (χ2n) is 6.10. The van der Waals surface area contributed by atoms with E-state index in [1.165, 1.54) is 0 Å². The predicted molar refractivity (Wildman–Crippen MR) is 98.7 cm³/mol. The number of fused-ring (bicyclic) bond motifs is 1. The third kappa shape index (κ3) is 3.82. The molecule has 0 aliphatic heterocycles. The zero-order valence-corrected chi connectivity index (χ0v) is 14.9. The summed E-state index contributed by atoms with van der Waals surface area (Å²) < 4.78 is 7.76. The van der Waals surface area contributed by atoms with Crippen LogP contribution in [0.2, 0.25) is 0 Å². The molecule has 1 N–H and O–H groups in total. The lowest BCUT2D eigenvalue weighted by Crippen LogP contribution is -2.29. The molecule has 0 aliphatic carbocycles. The first-order valence-electron chi connectivity index (χ1n) is 8.49. The van der Waals surface area contributed by atoms with Crippen molar-refractivity contribution in [3.8, 4) is 5.75 Å². The number of carbonyl (C=O) groups is 1. The summed E-state index contributed by atoms with van der Waals surface area (Å²) in [5.74, 6) is 1.44. The van der Waals surface area contributed by atoms with Crippen LogP contribution in [-0.4, -0.2) is 22.1 Å². The van der Waals surface area contributed by atoms with E-state index >= 15 is 0 Å². The number of amides is 1. The first-order valence-corrected chi connectivity index (χ1v) is 8.49. The molecular weight excluding hydrogens is 314 g/mol. The highest BCUT2D eigenvalue weighted by molar-refractivity contribution is 5.78. The minimum atomic E-state index is -0.157. The number of para-hydroxylation sites is 2. The van der Waals surface area contributed by atoms with Crippen LogP contribution in [0.25, 0.3) is 11.0 Å². The van der Waals surface area contributed by atoms with Gasteiger partial charge in [-0.15, -0.1) is 0 Å². The lowest BCUT2D eigenvalue weighted by Gasteiger charge is -2.11. The van der Waals surface area contributed by atoms with Crippen molar-refractivity contribution in [2.24, 2.45) is 0 Å². The molecule has 1 aromatic heterocycles. The van der Waals surface area contributed by atoms with Crippen LogP contribution in [-0.2, 0) is 17.9 Å². The van der Waals surface area contributed by atoms with E-state index in [0.717, 1.165) is 40.3 Å². The fourth-order valence-corrected chi connectivity index (χ4v) is 2.85. The monoisotopic (exact) mass is 337 g/mol. The van der Waals surface area contributed by atoms with Gasteiger partial charge in [-0.1, -0.05) is 24.3 Å². The number of hydrogen-bond donors (Lipinski definition) is 1. The van der Waals surface area contributed by atoms with Gasteiger partial charge in [-0.05, 0) is 50.1 Å². The van der Waals surface area contributed by atoms with Crippen molar-refractivity contribution in [3.05, 3.63) is 59.4 Å². The second-order valence-corrected chi connectivity index (χ2v) is 6.10. The van der Waals surface area contributed by atoms with Gasteiger partial charge in [-0.3, -0.25) is 4.79 Å². The number of rotatable bonds is 6. The molecule has 0 unspecified atom stereocenters. The van der Waals surface area contributed by atoms with E-state index in [-0.39, 0.29) is 12.5 Å². The molecule has 0 aliphatic rings. The minimum absolute atomic E-state index is 0.00333. The molecular formula is C20H23N3O2. The molecule has 0 saturated carbocycles. The average Bonchev–Trinajstić information content (AvgIpc) is 2.98. The minimum Gasteiger partial charge on any atom is -0.483 e. The van der Waals surface area contributed by atoms with Crippen LogP contribution >= 0.6 is 0 Å². The van der Waals surface area contributed by atoms with Crippen LogP contribution in [0, 0.1) is 13.8 Å². The van der Waals surface area contributed by atoms with Crippen molar-refractivity contribution in [2.75, 3.05) is 6.61 Å². The molecule has 1 amide bonds. The topological polar surface area (TPSA) is 56.2 Å². The van der Waals surface area contributed by atoms with Crippen LogP contribution in [0.1, 0.15) is 23.9 Å². The third-order valence-electron chi connectivity index (χ3n) is 4.20. The Hall–Kier alpha value is -2.82. The smallest absolute Gasteiger partial charge is 0.258 e. The molecule has 0 saturated heterocycles. The Kier molecular flexibility index (Phi) is 5.03. The highest BCUT2D eigenvalue weighted by atomic mass is 16.5. The lowest BCUT2D eigenvalue weighted by molar-refractivity contribution is -0.123. The van der Waals surface area contributed by atoms with Crippen molar-refractivity contribution in [1.29, 1.82) is 0 Å². The number of carbonyl (C=O) groups excluding carboxylic acids is 1. The number of benzene rings is 2. The van der Waals surface area contributed by atoms with Crippen LogP contribution in [0.3, 0.4) is 0 Å². The Morgan fingerprint density at radius 2 is 2.00 bits per heavy atom. The normalized spacial score (nSPS) is 10.8. The summed E-state index contributed by atoms with van der Waals surface area (Å²) in [5.41, 5.74) is 4.16. The Bertz CT molecular complexity index is 899. The standard InChI is InChI=1S/C20H23N3O2/c1-4-23-17-8-6-5-7-16(17)22-19(23)12-21-20(24)13-25-18-11-14(2)9-10-15(18)3/h5-11H,4,12-13H2,1-3H3,(H,21,24). The fraction of sp³-hybridized carbons (Fsp3) is 0.300. The van der Waals surface area contributed by atoms with Crippen LogP contribution in [0.4, 0.5) is 0 Å². The molecule has 3 aromatic rings. The van der Waals surface area contributed by atoms with Gasteiger partial charge in [0, 0.05) is 6.54 Å². The zero-order chi connectivity index (χ0) is 17.8. The largest absolute Gasteiger partial charge is 0.483 e. The van der Waals surface area contributed by atoms with Gasteiger partial charge in [0.1, 0.15) is 11.6 Å². The van der Waals surface area contributed by atoms with Crippen molar-refractivity contribution in [1.82, 2.24) is 14.9 Å². The molecule has 25 heavy (non-hydrogen) atoms. The van der Waals surface area contributed by atoms with Crippen LogP contribution in [0.5, 0.6) is 5.75 Å². The van der Waals surface area contributed by atoms with Gasteiger partial charge >= 0.3 is 0 Å². The Morgan fingerprint density at radius 1 is 1.20 bits per heavy atom. The first-order chi connectivity index (χ1) is 12.1. The molecule has 0 spiro atoms. The molecule has 5 nitrogen and oxygen atoms in total. The third-order valence-corrected chi connectivity index (χ3v) is 4.20. The number of aromatic nitrogens is 2.